The third-order valence-corrected chi connectivity index (χ3v) is 5.15. The fraction of sp³-hybridized carbons (Fsp3) is 0.172. The van der Waals surface area contributed by atoms with Crippen molar-refractivity contribution in [1.82, 2.24) is 0 Å². The van der Waals surface area contributed by atoms with Crippen molar-refractivity contribution in [1.29, 1.82) is 0 Å². The highest BCUT2D eigenvalue weighted by molar-refractivity contribution is 6.12. The van der Waals surface area contributed by atoms with E-state index in [-0.39, 0.29) is 5.70 Å². The summed E-state index contributed by atoms with van der Waals surface area (Å²) in [7, 11) is 0. The molecule has 178 valence electrons. The monoisotopic (exact) mass is 469 g/mol. The van der Waals surface area contributed by atoms with Gasteiger partial charge in [-0.3, -0.25) is 0 Å². The van der Waals surface area contributed by atoms with Crippen molar-refractivity contribution in [3.05, 3.63) is 108 Å². The normalized spacial score (nSPS) is 13.8. The molecule has 0 N–H and O–H groups in total. The molecule has 0 atom stereocenters. The van der Waals surface area contributed by atoms with Gasteiger partial charge in [-0.05, 0) is 60.9 Å². The van der Waals surface area contributed by atoms with Crippen molar-refractivity contribution >= 4 is 17.9 Å². The molecule has 0 bridgehead atoms. The Morgan fingerprint density at radius 1 is 0.886 bits per heavy atom. The number of benzene rings is 3. The number of aliphatic imine (C=N–C) groups is 1. The number of ether oxygens (including phenoxy) is 4. The van der Waals surface area contributed by atoms with Crippen molar-refractivity contribution in [3.63, 3.8) is 0 Å². The predicted octanol–water partition coefficient (Wildman–Crippen LogP) is 5.62. The summed E-state index contributed by atoms with van der Waals surface area (Å²) in [6.07, 6.45) is 4.26. The molecule has 1 heterocycles. The molecule has 0 spiro atoms. The van der Waals surface area contributed by atoms with E-state index in [4.69, 9.17) is 18.9 Å². The number of rotatable bonds is 11. The van der Waals surface area contributed by atoms with Gasteiger partial charge in [0.25, 0.3) is 0 Å². The number of carbonyl (C=O) groups is 1. The van der Waals surface area contributed by atoms with E-state index in [0.717, 1.165) is 28.9 Å². The lowest BCUT2D eigenvalue weighted by Gasteiger charge is -2.14. The second kappa shape index (κ2) is 11.7. The Morgan fingerprint density at radius 3 is 2.40 bits per heavy atom. The third-order valence-electron chi connectivity index (χ3n) is 5.15. The molecular formula is C29H27NO5. The van der Waals surface area contributed by atoms with Crippen LogP contribution in [0.25, 0.3) is 6.08 Å². The number of esters is 1. The molecule has 0 fully saturated rings. The molecule has 35 heavy (non-hydrogen) atoms. The molecule has 0 saturated carbocycles. The highest BCUT2D eigenvalue weighted by atomic mass is 16.6. The second-order valence-electron chi connectivity index (χ2n) is 7.64. The van der Waals surface area contributed by atoms with Crippen LogP contribution in [0.15, 0.2) is 96.1 Å². The van der Waals surface area contributed by atoms with Crippen LogP contribution in [-0.4, -0.2) is 31.7 Å². The van der Waals surface area contributed by atoms with Crippen LogP contribution in [0.1, 0.15) is 23.6 Å². The Balaban J connectivity index is 1.43. The van der Waals surface area contributed by atoms with Crippen molar-refractivity contribution < 1.29 is 23.7 Å². The maximum Gasteiger partial charge on any atom is 0.363 e. The quantitative estimate of drug-likeness (QED) is 0.158. The number of nitrogens with zero attached hydrogens (tertiary/aromatic N) is 1. The van der Waals surface area contributed by atoms with E-state index < -0.39 is 5.97 Å². The molecule has 0 aliphatic carbocycles. The highest BCUT2D eigenvalue weighted by Crippen LogP contribution is 2.30. The van der Waals surface area contributed by atoms with Gasteiger partial charge in [-0.2, -0.15) is 0 Å². The zero-order valence-corrected chi connectivity index (χ0v) is 19.6. The van der Waals surface area contributed by atoms with Gasteiger partial charge in [0, 0.05) is 5.56 Å². The van der Waals surface area contributed by atoms with Gasteiger partial charge < -0.3 is 18.9 Å². The maximum atomic E-state index is 12.3. The van der Waals surface area contributed by atoms with Crippen LogP contribution < -0.4 is 14.2 Å². The lowest BCUT2D eigenvalue weighted by atomic mass is 10.1. The topological polar surface area (TPSA) is 66.3 Å². The van der Waals surface area contributed by atoms with Crippen molar-refractivity contribution in [2.24, 2.45) is 4.99 Å². The van der Waals surface area contributed by atoms with Crippen LogP contribution in [0.2, 0.25) is 0 Å². The lowest BCUT2D eigenvalue weighted by Crippen LogP contribution is -2.10. The summed E-state index contributed by atoms with van der Waals surface area (Å²) in [6.45, 7) is 6.90. The molecule has 0 radical (unpaired) electrons. The standard InChI is InChI=1S/C29H27NO5/c1-3-10-22-11-8-9-14-25(22)33-17-18-34-26-16-15-21(20-27(26)32-4-2)19-24-29(31)35-28(30-24)23-12-6-5-7-13-23/h3,5-9,11-16,19-20H,1,4,10,17-18H2,2H3/b24-19+. The zero-order chi connectivity index (χ0) is 24.5. The van der Waals surface area contributed by atoms with Crippen LogP contribution >= 0.6 is 0 Å². The van der Waals surface area contributed by atoms with Crippen LogP contribution in [0.5, 0.6) is 17.2 Å². The van der Waals surface area contributed by atoms with Crippen LogP contribution in [-0.2, 0) is 16.0 Å². The molecule has 3 aromatic carbocycles. The third kappa shape index (κ3) is 6.18. The van der Waals surface area contributed by atoms with E-state index >= 15 is 0 Å². The molecule has 1 aliphatic rings. The van der Waals surface area contributed by atoms with Crippen LogP contribution in [0, 0.1) is 0 Å². The summed E-state index contributed by atoms with van der Waals surface area (Å²) < 4.78 is 22.9. The number of para-hydroxylation sites is 1. The van der Waals surface area contributed by atoms with E-state index in [9.17, 15) is 4.79 Å². The Bertz CT molecular complexity index is 1250. The molecule has 4 rings (SSSR count). The maximum absolute atomic E-state index is 12.3. The Morgan fingerprint density at radius 2 is 1.63 bits per heavy atom. The lowest BCUT2D eigenvalue weighted by molar-refractivity contribution is -0.129. The summed E-state index contributed by atoms with van der Waals surface area (Å²) >= 11 is 0. The minimum absolute atomic E-state index is 0.228. The fourth-order valence-corrected chi connectivity index (χ4v) is 3.55. The summed E-state index contributed by atoms with van der Waals surface area (Å²) in [5, 5.41) is 0. The molecule has 0 aromatic heterocycles. The van der Waals surface area contributed by atoms with E-state index in [1.165, 1.54) is 0 Å². The van der Waals surface area contributed by atoms with Gasteiger partial charge in [-0.15, -0.1) is 6.58 Å². The van der Waals surface area contributed by atoms with Crippen LogP contribution in [0.3, 0.4) is 0 Å². The molecule has 0 amide bonds. The molecule has 3 aromatic rings. The van der Waals surface area contributed by atoms with Gasteiger partial charge in [-0.1, -0.05) is 48.5 Å². The van der Waals surface area contributed by atoms with E-state index in [2.05, 4.69) is 11.6 Å². The summed E-state index contributed by atoms with van der Waals surface area (Å²) in [6, 6.07) is 22.7. The number of cyclic esters (lactones) is 1. The average molecular weight is 470 g/mol. The SMILES string of the molecule is C=CCc1ccccc1OCCOc1ccc(/C=C2/N=C(c3ccccc3)OC2=O)cc1OCC. The first-order valence-corrected chi connectivity index (χ1v) is 11.5. The van der Waals surface area contributed by atoms with Gasteiger partial charge in [0.1, 0.15) is 19.0 Å². The molecule has 1 aliphatic heterocycles. The molecule has 6 heteroatoms. The first kappa shape index (κ1) is 23.8. The molecule has 0 saturated heterocycles. The Labute approximate surface area is 205 Å². The van der Waals surface area contributed by atoms with Gasteiger partial charge in [0.15, 0.2) is 17.2 Å². The summed E-state index contributed by atoms with van der Waals surface area (Å²) in [5.74, 6) is 1.80. The summed E-state index contributed by atoms with van der Waals surface area (Å²) in [4.78, 5) is 16.7. The number of allylic oxidation sites excluding steroid dienone is 1. The van der Waals surface area contributed by atoms with Gasteiger partial charge in [-0.25, -0.2) is 9.79 Å². The first-order chi connectivity index (χ1) is 17.2. The molecular weight excluding hydrogens is 442 g/mol. The second-order valence-corrected chi connectivity index (χ2v) is 7.64. The van der Waals surface area contributed by atoms with Crippen molar-refractivity contribution in [2.45, 2.75) is 13.3 Å². The summed E-state index contributed by atoms with van der Waals surface area (Å²) in [5.41, 5.74) is 2.81. The fourth-order valence-electron chi connectivity index (χ4n) is 3.55. The van der Waals surface area contributed by atoms with E-state index in [1.54, 1.807) is 6.08 Å². The Kier molecular flexibility index (Phi) is 7.96. The zero-order valence-electron chi connectivity index (χ0n) is 19.6. The predicted molar refractivity (Wildman–Crippen MR) is 136 cm³/mol. The van der Waals surface area contributed by atoms with Crippen LogP contribution in [0.4, 0.5) is 0 Å². The first-order valence-electron chi connectivity index (χ1n) is 11.5. The van der Waals surface area contributed by atoms with E-state index in [0.29, 0.717) is 37.2 Å². The Hall–Kier alpha value is -4.32. The largest absolute Gasteiger partial charge is 0.490 e. The van der Waals surface area contributed by atoms with Crippen molar-refractivity contribution in [2.75, 3.05) is 19.8 Å². The van der Waals surface area contributed by atoms with Crippen molar-refractivity contribution in [3.8, 4) is 17.2 Å². The minimum atomic E-state index is -0.490. The molecule has 0 unspecified atom stereocenters. The van der Waals surface area contributed by atoms with Gasteiger partial charge in [0.2, 0.25) is 5.90 Å². The highest BCUT2D eigenvalue weighted by Gasteiger charge is 2.24. The van der Waals surface area contributed by atoms with E-state index in [1.807, 2.05) is 85.8 Å². The number of carbonyl (C=O) groups excluding carboxylic acids is 1. The number of hydrogen-bond acceptors (Lipinski definition) is 6. The average Bonchev–Trinajstić information content (AvgIpc) is 3.24. The smallest absolute Gasteiger partial charge is 0.363 e. The molecule has 6 nitrogen and oxygen atoms in total. The number of hydrogen-bond donors (Lipinski definition) is 0. The minimum Gasteiger partial charge on any atom is -0.490 e. The van der Waals surface area contributed by atoms with Gasteiger partial charge >= 0.3 is 5.97 Å². The van der Waals surface area contributed by atoms with Gasteiger partial charge in [0.05, 0.1) is 6.61 Å².